The first-order valence-electron chi connectivity index (χ1n) is 8.60. The quantitative estimate of drug-likeness (QED) is 0.811. The fourth-order valence-corrected chi connectivity index (χ4v) is 2.78. The van der Waals surface area contributed by atoms with Gasteiger partial charge in [-0.3, -0.25) is 4.79 Å². The van der Waals surface area contributed by atoms with Gasteiger partial charge in [-0.1, -0.05) is 20.3 Å². The van der Waals surface area contributed by atoms with Crippen molar-refractivity contribution in [1.29, 1.82) is 0 Å². The van der Waals surface area contributed by atoms with Crippen LogP contribution in [0.25, 0.3) is 0 Å². The van der Waals surface area contributed by atoms with Crippen molar-refractivity contribution in [3.05, 3.63) is 0 Å². The van der Waals surface area contributed by atoms with Crippen molar-refractivity contribution in [3.63, 3.8) is 0 Å². The van der Waals surface area contributed by atoms with E-state index in [-0.39, 0.29) is 24.5 Å². The second-order valence-electron chi connectivity index (χ2n) is 7.37. The minimum absolute atomic E-state index is 0.00344. The molecule has 1 fully saturated rings. The Bertz CT molecular complexity index is 406. The molecule has 0 aromatic carbocycles. The Morgan fingerprint density at radius 3 is 2.52 bits per heavy atom. The molecule has 1 unspecified atom stereocenters. The number of rotatable bonds is 5. The highest BCUT2D eigenvalue weighted by Gasteiger charge is 2.35. The van der Waals surface area contributed by atoms with Crippen LogP contribution in [0, 0.1) is 5.92 Å². The van der Waals surface area contributed by atoms with Crippen LogP contribution in [0.2, 0.25) is 0 Å². The molecule has 0 bridgehead atoms. The average molecular weight is 328 g/mol. The van der Waals surface area contributed by atoms with E-state index in [9.17, 15) is 14.7 Å². The number of amides is 2. The molecule has 6 heteroatoms. The van der Waals surface area contributed by atoms with Gasteiger partial charge in [0.15, 0.2) is 0 Å². The molecule has 0 aromatic heterocycles. The highest BCUT2D eigenvalue weighted by atomic mass is 16.6. The van der Waals surface area contributed by atoms with E-state index in [1.165, 1.54) is 0 Å². The van der Waals surface area contributed by atoms with Gasteiger partial charge in [-0.15, -0.1) is 0 Å². The van der Waals surface area contributed by atoms with Crippen LogP contribution in [0.1, 0.15) is 60.3 Å². The van der Waals surface area contributed by atoms with Crippen molar-refractivity contribution in [2.45, 2.75) is 78.0 Å². The number of ether oxygens (including phenoxy) is 1. The van der Waals surface area contributed by atoms with Gasteiger partial charge in [0.05, 0.1) is 12.6 Å². The van der Waals surface area contributed by atoms with Gasteiger partial charge < -0.3 is 20.1 Å². The van der Waals surface area contributed by atoms with Gasteiger partial charge in [0.1, 0.15) is 11.6 Å². The molecule has 0 aromatic rings. The lowest BCUT2D eigenvalue weighted by Gasteiger charge is -2.38. The number of piperidine rings is 1. The van der Waals surface area contributed by atoms with Gasteiger partial charge in [0.2, 0.25) is 5.91 Å². The Kier molecular flexibility index (Phi) is 7.32. The molecule has 0 spiro atoms. The third kappa shape index (κ3) is 6.01. The van der Waals surface area contributed by atoms with E-state index in [4.69, 9.17) is 4.74 Å². The topological polar surface area (TPSA) is 78.9 Å². The molecule has 1 saturated heterocycles. The molecule has 0 aliphatic carbocycles. The summed E-state index contributed by atoms with van der Waals surface area (Å²) >= 11 is 0. The van der Waals surface area contributed by atoms with Crippen LogP contribution in [-0.4, -0.2) is 52.8 Å². The van der Waals surface area contributed by atoms with Crippen molar-refractivity contribution in [1.82, 2.24) is 10.2 Å². The average Bonchev–Trinajstić information content (AvgIpc) is 2.49. The standard InChI is InChI=1S/C17H32N2O4/c1-6-12(2)14(18-16(22)23-17(3,4)5)15(21)19-10-8-7-9-13(19)11-20/h12-14,20H,6-11H2,1-5H3,(H,18,22)/t12?,13-,14+/m1/s1. The zero-order valence-corrected chi connectivity index (χ0v) is 15.1. The third-order valence-electron chi connectivity index (χ3n) is 4.27. The number of aliphatic hydroxyl groups excluding tert-OH is 1. The number of hydrogen-bond acceptors (Lipinski definition) is 4. The Balaban J connectivity index is 2.84. The van der Waals surface area contributed by atoms with E-state index in [0.717, 1.165) is 25.7 Å². The molecular formula is C17H32N2O4. The SMILES string of the molecule is CCC(C)[C@H](NC(=O)OC(C)(C)C)C(=O)N1CCCC[C@@H]1CO. The summed E-state index contributed by atoms with van der Waals surface area (Å²) in [7, 11) is 0. The van der Waals surface area contributed by atoms with Crippen LogP contribution in [0.3, 0.4) is 0 Å². The second kappa shape index (κ2) is 8.52. The third-order valence-corrected chi connectivity index (χ3v) is 4.27. The van der Waals surface area contributed by atoms with Gasteiger partial charge in [-0.05, 0) is 46.0 Å². The van der Waals surface area contributed by atoms with E-state index in [1.54, 1.807) is 25.7 Å². The highest BCUT2D eigenvalue weighted by Crippen LogP contribution is 2.20. The first kappa shape index (κ1) is 19.7. The summed E-state index contributed by atoms with van der Waals surface area (Å²) < 4.78 is 5.28. The van der Waals surface area contributed by atoms with Crippen LogP contribution in [0.15, 0.2) is 0 Å². The van der Waals surface area contributed by atoms with Crippen LogP contribution in [0.5, 0.6) is 0 Å². The minimum Gasteiger partial charge on any atom is -0.444 e. The summed E-state index contributed by atoms with van der Waals surface area (Å²) in [5.74, 6) is -0.125. The van der Waals surface area contributed by atoms with Crippen LogP contribution in [0.4, 0.5) is 4.79 Å². The van der Waals surface area contributed by atoms with E-state index in [2.05, 4.69) is 5.32 Å². The molecule has 0 saturated carbocycles. The van der Waals surface area contributed by atoms with Gasteiger partial charge >= 0.3 is 6.09 Å². The normalized spacial score (nSPS) is 21.5. The van der Waals surface area contributed by atoms with Crippen molar-refractivity contribution in [2.75, 3.05) is 13.2 Å². The lowest BCUT2D eigenvalue weighted by Crippen LogP contribution is -2.56. The summed E-state index contributed by atoms with van der Waals surface area (Å²) in [4.78, 5) is 26.7. The number of likely N-dealkylation sites (tertiary alicyclic amines) is 1. The fourth-order valence-electron chi connectivity index (χ4n) is 2.78. The van der Waals surface area contributed by atoms with Gasteiger partial charge in [-0.25, -0.2) is 4.79 Å². The lowest BCUT2D eigenvalue weighted by atomic mass is 9.95. The van der Waals surface area contributed by atoms with E-state index in [0.29, 0.717) is 6.54 Å². The molecule has 1 aliphatic rings. The van der Waals surface area contributed by atoms with E-state index in [1.807, 2.05) is 13.8 Å². The smallest absolute Gasteiger partial charge is 0.408 e. The Morgan fingerprint density at radius 2 is 2.00 bits per heavy atom. The molecule has 23 heavy (non-hydrogen) atoms. The molecule has 3 atom stereocenters. The van der Waals surface area contributed by atoms with Crippen LogP contribution in [-0.2, 0) is 9.53 Å². The molecule has 1 heterocycles. The first-order chi connectivity index (χ1) is 10.7. The summed E-state index contributed by atoms with van der Waals surface area (Å²) in [6.07, 6.45) is 2.95. The molecule has 2 N–H and O–H groups in total. The predicted octanol–water partition coefficient (Wildman–Crippen LogP) is 2.30. The second-order valence-corrected chi connectivity index (χ2v) is 7.37. The van der Waals surface area contributed by atoms with Crippen molar-refractivity contribution in [3.8, 4) is 0 Å². The van der Waals surface area contributed by atoms with Crippen LogP contribution < -0.4 is 5.32 Å². The summed E-state index contributed by atoms with van der Waals surface area (Å²) in [5, 5.41) is 12.2. The highest BCUT2D eigenvalue weighted by molar-refractivity contribution is 5.86. The number of nitrogens with one attached hydrogen (secondary N) is 1. The summed E-state index contributed by atoms with van der Waals surface area (Å²) in [6, 6.07) is -0.773. The molecule has 1 aliphatic heterocycles. The molecule has 134 valence electrons. The molecule has 6 nitrogen and oxygen atoms in total. The van der Waals surface area contributed by atoms with Crippen molar-refractivity contribution in [2.24, 2.45) is 5.92 Å². The van der Waals surface area contributed by atoms with Crippen molar-refractivity contribution >= 4 is 12.0 Å². The zero-order valence-electron chi connectivity index (χ0n) is 15.1. The van der Waals surface area contributed by atoms with E-state index < -0.39 is 17.7 Å². The van der Waals surface area contributed by atoms with E-state index >= 15 is 0 Å². The van der Waals surface area contributed by atoms with Gasteiger partial charge in [-0.2, -0.15) is 0 Å². The number of alkyl carbamates (subject to hydrolysis) is 1. The zero-order chi connectivity index (χ0) is 17.6. The number of aliphatic hydroxyl groups is 1. The van der Waals surface area contributed by atoms with Gasteiger partial charge in [0.25, 0.3) is 0 Å². The largest absolute Gasteiger partial charge is 0.444 e. The fraction of sp³-hybridized carbons (Fsp3) is 0.882. The Morgan fingerprint density at radius 1 is 1.35 bits per heavy atom. The van der Waals surface area contributed by atoms with Crippen LogP contribution >= 0.6 is 0 Å². The number of carbonyl (C=O) groups is 2. The number of hydrogen-bond donors (Lipinski definition) is 2. The monoisotopic (exact) mass is 328 g/mol. The Labute approximate surface area is 139 Å². The predicted molar refractivity (Wildman–Crippen MR) is 89.1 cm³/mol. The number of carbonyl (C=O) groups excluding carboxylic acids is 2. The summed E-state index contributed by atoms with van der Waals surface area (Å²) in [6.45, 7) is 9.90. The maximum Gasteiger partial charge on any atom is 0.408 e. The molecular weight excluding hydrogens is 296 g/mol. The maximum atomic E-state index is 12.9. The van der Waals surface area contributed by atoms with Crippen molar-refractivity contribution < 1.29 is 19.4 Å². The maximum absolute atomic E-state index is 12.9. The summed E-state index contributed by atoms with van der Waals surface area (Å²) in [5.41, 5.74) is -0.605. The minimum atomic E-state index is -0.623. The lowest BCUT2D eigenvalue weighted by molar-refractivity contribution is -0.139. The molecule has 2 amide bonds. The van der Waals surface area contributed by atoms with Gasteiger partial charge in [0, 0.05) is 6.54 Å². The molecule has 1 rings (SSSR count). The first-order valence-corrected chi connectivity index (χ1v) is 8.60. The number of nitrogens with zero attached hydrogens (tertiary/aromatic N) is 1. The molecule has 0 radical (unpaired) electrons. The Hall–Kier alpha value is -1.30.